The number of esters is 1. The van der Waals surface area contributed by atoms with E-state index in [1.807, 2.05) is 0 Å². The third kappa shape index (κ3) is 13.7. The van der Waals surface area contributed by atoms with Gasteiger partial charge in [-0.2, -0.15) is 0 Å². The molecule has 0 fully saturated rings. The molecule has 0 radical (unpaired) electrons. The summed E-state index contributed by atoms with van der Waals surface area (Å²) in [5.74, 6) is 0.482. The second-order valence-corrected chi connectivity index (χ2v) is 8.83. The highest BCUT2D eigenvalue weighted by Crippen LogP contribution is 2.27. The van der Waals surface area contributed by atoms with Crippen LogP contribution in [-0.2, 0) is 4.79 Å². The topological polar surface area (TPSA) is 46.5 Å². The Balaban J connectivity index is 2.35. The molecule has 30 heavy (non-hydrogen) atoms. The van der Waals surface area contributed by atoms with Crippen molar-refractivity contribution < 1.29 is 14.6 Å². The van der Waals surface area contributed by atoms with E-state index in [9.17, 15) is 9.90 Å². The van der Waals surface area contributed by atoms with Crippen LogP contribution in [0.4, 0.5) is 0 Å². The lowest BCUT2D eigenvalue weighted by Crippen LogP contribution is -2.14. The largest absolute Gasteiger partial charge is 0.504 e. The number of carbonyl (C=O) groups is 1. The zero-order valence-corrected chi connectivity index (χ0v) is 19.7. The van der Waals surface area contributed by atoms with Gasteiger partial charge in [0.25, 0.3) is 0 Å². The second-order valence-electron chi connectivity index (χ2n) is 8.83. The molecule has 3 heteroatoms. The predicted molar refractivity (Wildman–Crippen MR) is 127 cm³/mol. The highest BCUT2D eigenvalue weighted by atomic mass is 16.5. The maximum absolute atomic E-state index is 12.5. The number of ether oxygens (including phenoxy) is 1. The molecular weight excluding hydrogens is 372 g/mol. The number of hydrogen-bond donors (Lipinski definition) is 1. The summed E-state index contributed by atoms with van der Waals surface area (Å²) in [5.41, 5.74) is 0. The number of hydrogen-bond acceptors (Lipinski definition) is 3. The average molecular weight is 419 g/mol. The van der Waals surface area contributed by atoms with Crippen molar-refractivity contribution in [2.45, 2.75) is 123 Å². The Morgan fingerprint density at radius 2 is 1.23 bits per heavy atom. The van der Waals surface area contributed by atoms with Crippen LogP contribution in [0.1, 0.15) is 123 Å². The van der Waals surface area contributed by atoms with Crippen LogP contribution < -0.4 is 4.74 Å². The van der Waals surface area contributed by atoms with E-state index in [1.54, 1.807) is 24.3 Å². The Morgan fingerprint density at radius 1 is 0.767 bits per heavy atom. The van der Waals surface area contributed by atoms with Gasteiger partial charge in [-0.25, -0.2) is 0 Å². The van der Waals surface area contributed by atoms with E-state index >= 15 is 0 Å². The Hall–Kier alpha value is -1.51. The molecule has 0 spiro atoms. The minimum Gasteiger partial charge on any atom is -0.504 e. The van der Waals surface area contributed by atoms with Crippen LogP contribution in [0.25, 0.3) is 0 Å². The van der Waals surface area contributed by atoms with E-state index in [0.717, 1.165) is 12.8 Å². The van der Waals surface area contributed by atoms with E-state index in [-0.39, 0.29) is 17.5 Å². The molecule has 1 unspecified atom stereocenters. The molecule has 172 valence electrons. The van der Waals surface area contributed by atoms with Crippen molar-refractivity contribution in [3.05, 3.63) is 24.3 Å². The number of aromatic hydroxyl groups is 1. The van der Waals surface area contributed by atoms with Gasteiger partial charge in [0.05, 0.1) is 0 Å². The molecule has 0 aliphatic heterocycles. The molecular formula is C27H46O3. The number of carbonyl (C=O) groups excluding carboxylic acids is 1. The fourth-order valence-electron chi connectivity index (χ4n) is 4.07. The number of phenolic OH excluding ortho intramolecular Hbond substituents is 1. The van der Waals surface area contributed by atoms with E-state index in [2.05, 4.69) is 13.8 Å². The summed E-state index contributed by atoms with van der Waals surface area (Å²) in [6, 6.07) is 6.71. The van der Waals surface area contributed by atoms with Gasteiger partial charge in [0.15, 0.2) is 11.5 Å². The summed E-state index contributed by atoms with van der Waals surface area (Å²) in [4.78, 5) is 12.5. The zero-order chi connectivity index (χ0) is 21.9. The van der Waals surface area contributed by atoms with Crippen LogP contribution in [0.3, 0.4) is 0 Å². The normalized spacial score (nSPS) is 12.1. The van der Waals surface area contributed by atoms with Gasteiger partial charge in [-0.05, 0) is 30.9 Å². The molecule has 0 aliphatic carbocycles. The van der Waals surface area contributed by atoms with E-state index in [0.29, 0.717) is 12.3 Å². The molecule has 0 bridgehead atoms. The van der Waals surface area contributed by atoms with Crippen molar-refractivity contribution in [1.29, 1.82) is 0 Å². The van der Waals surface area contributed by atoms with Crippen LogP contribution in [0, 0.1) is 5.92 Å². The van der Waals surface area contributed by atoms with Crippen LogP contribution in [-0.4, -0.2) is 11.1 Å². The van der Waals surface area contributed by atoms with E-state index < -0.39 is 0 Å². The number of phenols is 1. The molecule has 1 aromatic carbocycles. The SMILES string of the molecule is CCCCCCCCCCC(CCCCCCCC)CC(=O)Oc1ccccc1O. The number of rotatable bonds is 19. The summed E-state index contributed by atoms with van der Waals surface area (Å²) < 4.78 is 5.43. The maximum Gasteiger partial charge on any atom is 0.311 e. The Kier molecular flexibility index (Phi) is 16.2. The standard InChI is InChI=1S/C27H46O3/c1-3-5-7-9-11-12-14-16-20-24(19-15-13-10-8-6-4-2)23-27(29)30-26-22-18-17-21-25(26)28/h17-18,21-22,24,28H,3-16,19-20,23H2,1-2H3. The lowest BCUT2D eigenvalue weighted by Gasteiger charge is -2.16. The Labute approximate surface area is 185 Å². The van der Waals surface area contributed by atoms with Gasteiger partial charge in [0.1, 0.15) is 0 Å². The van der Waals surface area contributed by atoms with Gasteiger partial charge in [-0.1, -0.05) is 116 Å². The molecule has 1 atom stereocenters. The molecule has 0 aliphatic rings. The first-order chi connectivity index (χ1) is 14.7. The highest BCUT2D eigenvalue weighted by molar-refractivity contribution is 5.73. The smallest absolute Gasteiger partial charge is 0.311 e. The van der Waals surface area contributed by atoms with Crippen LogP contribution in [0.5, 0.6) is 11.5 Å². The molecule has 1 aromatic rings. The van der Waals surface area contributed by atoms with Gasteiger partial charge in [0, 0.05) is 6.42 Å². The predicted octanol–water partition coefficient (Wildman–Crippen LogP) is 8.59. The van der Waals surface area contributed by atoms with Crippen LogP contribution in [0.15, 0.2) is 24.3 Å². The third-order valence-electron chi connectivity index (χ3n) is 5.98. The van der Waals surface area contributed by atoms with Crippen molar-refractivity contribution in [1.82, 2.24) is 0 Å². The van der Waals surface area contributed by atoms with E-state index in [1.165, 1.54) is 89.9 Å². The Bertz CT molecular complexity index is 541. The minimum absolute atomic E-state index is 0.0291. The molecule has 0 amide bonds. The monoisotopic (exact) mass is 418 g/mol. The molecule has 3 nitrogen and oxygen atoms in total. The molecule has 1 N–H and O–H groups in total. The minimum atomic E-state index is -0.216. The van der Waals surface area contributed by atoms with Crippen molar-refractivity contribution in [3.63, 3.8) is 0 Å². The van der Waals surface area contributed by atoms with Crippen LogP contribution in [0.2, 0.25) is 0 Å². The number of benzene rings is 1. The van der Waals surface area contributed by atoms with Crippen molar-refractivity contribution in [2.24, 2.45) is 5.92 Å². The van der Waals surface area contributed by atoms with Crippen molar-refractivity contribution >= 4 is 5.97 Å². The third-order valence-corrected chi connectivity index (χ3v) is 5.98. The first-order valence-electron chi connectivity index (χ1n) is 12.7. The van der Waals surface area contributed by atoms with Crippen molar-refractivity contribution in [3.8, 4) is 11.5 Å². The number of unbranched alkanes of at least 4 members (excludes halogenated alkanes) is 12. The van der Waals surface area contributed by atoms with Gasteiger partial charge >= 0.3 is 5.97 Å². The summed E-state index contributed by atoms with van der Waals surface area (Å²) >= 11 is 0. The second kappa shape index (κ2) is 18.3. The van der Waals surface area contributed by atoms with Crippen molar-refractivity contribution in [2.75, 3.05) is 0 Å². The summed E-state index contributed by atoms with van der Waals surface area (Å²) in [5, 5.41) is 9.84. The molecule has 0 saturated carbocycles. The fraction of sp³-hybridized carbons (Fsp3) is 0.741. The fourth-order valence-corrected chi connectivity index (χ4v) is 4.07. The summed E-state index contributed by atoms with van der Waals surface area (Å²) in [6.07, 6.45) is 20.9. The quantitative estimate of drug-likeness (QED) is 0.139. The molecule has 0 aromatic heterocycles. The first-order valence-corrected chi connectivity index (χ1v) is 12.7. The first kappa shape index (κ1) is 26.5. The van der Waals surface area contributed by atoms with Gasteiger partial charge in [-0.3, -0.25) is 4.79 Å². The molecule has 1 rings (SSSR count). The Morgan fingerprint density at radius 3 is 1.73 bits per heavy atom. The van der Waals surface area contributed by atoms with E-state index in [4.69, 9.17) is 4.74 Å². The summed E-state index contributed by atoms with van der Waals surface area (Å²) in [7, 11) is 0. The lowest BCUT2D eigenvalue weighted by atomic mass is 9.91. The average Bonchev–Trinajstić information content (AvgIpc) is 2.74. The highest BCUT2D eigenvalue weighted by Gasteiger charge is 2.16. The molecule has 0 heterocycles. The van der Waals surface area contributed by atoms with Gasteiger partial charge < -0.3 is 9.84 Å². The van der Waals surface area contributed by atoms with Crippen LogP contribution >= 0.6 is 0 Å². The maximum atomic E-state index is 12.5. The lowest BCUT2D eigenvalue weighted by molar-refractivity contribution is -0.135. The van der Waals surface area contributed by atoms with Gasteiger partial charge in [0.2, 0.25) is 0 Å². The zero-order valence-electron chi connectivity index (χ0n) is 19.7. The number of para-hydroxylation sites is 2. The summed E-state index contributed by atoms with van der Waals surface area (Å²) in [6.45, 7) is 4.50. The molecule has 0 saturated heterocycles. The van der Waals surface area contributed by atoms with Gasteiger partial charge in [-0.15, -0.1) is 0 Å².